The highest BCUT2D eigenvalue weighted by Gasteiger charge is 2.27. The molecule has 0 radical (unpaired) electrons. The number of nitro benzene ring substituents is 1. The molecule has 1 atom stereocenters. The van der Waals surface area contributed by atoms with E-state index in [4.69, 9.17) is 14.2 Å². The second-order valence-electron chi connectivity index (χ2n) is 5.17. The fraction of sp³-hybridized carbons (Fsp3) is 0.278. The van der Waals surface area contributed by atoms with Crippen molar-refractivity contribution in [2.24, 2.45) is 0 Å². The minimum atomic E-state index is -0.799. The van der Waals surface area contributed by atoms with Gasteiger partial charge in [0.1, 0.15) is 11.7 Å². The number of nitrogens with zero attached hydrogens (tertiary/aromatic N) is 1. The van der Waals surface area contributed by atoms with Crippen LogP contribution in [0.4, 0.5) is 5.69 Å². The summed E-state index contributed by atoms with van der Waals surface area (Å²) in [5, 5.41) is 11.3. The Labute approximate surface area is 145 Å². The van der Waals surface area contributed by atoms with Crippen LogP contribution in [-0.4, -0.2) is 24.6 Å². The molecule has 0 aliphatic rings. The molecule has 0 unspecified atom stereocenters. The topological polar surface area (TPSA) is 87.9 Å². The van der Waals surface area contributed by atoms with E-state index in [2.05, 4.69) is 0 Å². The standard InChI is InChI=1S/C18H19NO6/c1-4-24-17-10-14(15(19(21)22)11-16(17)23-3)18(20)25-12(2)13-8-6-5-7-9-13/h5-12H,4H2,1-3H3/t12-/m1/s1. The lowest BCUT2D eigenvalue weighted by Crippen LogP contribution is -2.12. The van der Waals surface area contributed by atoms with Crippen LogP contribution in [0, 0.1) is 10.1 Å². The number of ether oxygens (including phenoxy) is 3. The molecule has 0 bridgehead atoms. The third-order valence-electron chi connectivity index (χ3n) is 3.55. The second kappa shape index (κ2) is 8.14. The van der Waals surface area contributed by atoms with Crippen LogP contribution in [-0.2, 0) is 4.74 Å². The molecule has 2 rings (SSSR count). The van der Waals surface area contributed by atoms with Gasteiger partial charge in [-0.2, -0.15) is 0 Å². The molecule has 0 heterocycles. The monoisotopic (exact) mass is 345 g/mol. The van der Waals surface area contributed by atoms with Gasteiger partial charge in [0.25, 0.3) is 5.69 Å². The molecule has 7 nitrogen and oxygen atoms in total. The van der Waals surface area contributed by atoms with Gasteiger partial charge in [-0.25, -0.2) is 4.79 Å². The van der Waals surface area contributed by atoms with Gasteiger partial charge in [0, 0.05) is 6.07 Å². The smallest absolute Gasteiger partial charge is 0.345 e. The number of methoxy groups -OCH3 is 1. The summed E-state index contributed by atoms with van der Waals surface area (Å²) in [7, 11) is 1.37. The predicted octanol–water partition coefficient (Wildman–Crippen LogP) is 3.92. The van der Waals surface area contributed by atoms with Gasteiger partial charge in [-0.05, 0) is 19.4 Å². The van der Waals surface area contributed by atoms with Crippen molar-refractivity contribution in [3.8, 4) is 11.5 Å². The Morgan fingerprint density at radius 1 is 1.20 bits per heavy atom. The average molecular weight is 345 g/mol. The molecule has 25 heavy (non-hydrogen) atoms. The van der Waals surface area contributed by atoms with Crippen molar-refractivity contribution < 1.29 is 23.9 Å². The van der Waals surface area contributed by atoms with Gasteiger partial charge in [-0.1, -0.05) is 30.3 Å². The molecule has 0 fully saturated rings. The maximum Gasteiger partial charge on any atom is 0.345 e. The minimum absolute atomic E-state index is 0.182. The first-order valence-corrected chi connectivity index (χ1v) is 7.73. The van der Waals surface area contributed by atoms with Crippen molar-refractivity contribution in [3.05, 3.63) is 63.7 Å². The van der Waals surface area contributed by atoms with E-state index in [-0.39, 0.29) is 17.1 Å². The van der Waals surface area contributed by atoms with Gasteiger partial charge < -0.3 is 14.2 Å². The molecule has 0 aliphatic carbocycles. The Balaban J connectivity index is 2.36. The molecule has 2 aromatic rings. The number of carbonyl (C=O) groups is 1. The Bertz CT molecular complexity index is 760. The number of rotatable bonds is 7. The van der Waals surface area contributed by atoms with Gasteiger partial charge in [0.05, 0.1) is 24.7 Å². The van der Waals surface area contributed by atoms with E-state index >= 15 is 0 Å². The van der Waals surface area contributed by atoms with Crippen LogP contribution in [0.2, 0.25) is 0 Å². The number of carbonyl (C=O) groups excluding carboxylic acids is 1. The minimum Gasteiger partial charge on any atom is -0.493 e. The fourth-order valence-electron chi connectivity index (χ4n) is 2.31. The third kappa shape index (κ3) is 4.26. The molecule has 0 spiro atoms. The molecule has 0 saturated carbocycles. The first-order valence-electron chi connectivity index (χ1n) is 7.73. The number of esters is 1. The van der Waals surface area contributed by atoms with Crippen molar-refractivity contribution in [2.45, 2.75) is 20.0 Å². The number of hydrogen-bond donors (Lipinski definition) is 0. The summed E-state index contributed by atoms with van der Waals surface area (Å²) >= 11 is 0. The highest BCUT2D eigenvalue weighted by molar-refractivity contribution is 5.95. The van der Waals surface area contributed by atoms with Gasteiger partial charge in [0.15, 0.2) is 11.5 Å². The molecule has 0 N–H and O–H groups in total. The summed E-state index contributed by atoms with van der Waals surface area (Å²) in [6, 6.07) is 11.6. The zero-order chi connectivity index (χ0) is 18.4. The van der Waals surface area contributed by atoms with Gasteiger partial charge >= 0.3 is 5.97 Å². The zero-order valence-corrected chi connectivity index (χ0v) is 14.2. The third-order valence-corrected chi connectivity index (χ3v) is 3.55. The Hall–Kier alpha value is -3.09. The average Bonchev–Trinajstić information content (AvgIpc) is 2.62. The molecule has 7 heteroatoms. The van der Waals surface area contributed by atoms with E-state index in [0.717, 1.165) is 11.6 Å². The van der Waals surface area contributed by atoms with Crippen molar-refractivity contribution in [1.82, 2.24) is 0 Å². The van der Waals surface area contributed by atoms with Gasteiger partial charge in [0.2, 0.25) is 0 Å². The maximum absolute atomic E-state index is 12.5. The predicted molar refractivity (Wildman–Crippen MR) is 91.1 cm³/mol. The van der Waals surface area contributed by atoms with E-state index in [1.165, 1.54) is 13.2 Å². The second-order valence-corrected chi connectivity index (χ2v) is 5.17. The van der Waals surface area contributed by atoms with Crippen molar-refractivity contribution in [1.29, 1.82) is 0 Å². The SMILES string of the molecule is CCOc1cc(C(=O)O[C@H](C)c2ccccc2)c([N+](=O)[O-])cc1OC. The molecule has 132 valence electrons. The van der Waals surface area contributed by atoms with E-state index in [1.807, 2.05) is 30.3 Å². The van der Waals surface area contributed by atoms with Crippen LogP contribution in [0.3, 0.4) is 0 Å². The van der Waals surface area contributed by atoms with Gasteiger partial charge in [-0.15, -0.1) is 0 Å². The molecular weight excluding hydrogens is 326 g/mol. The van der Waals surface area contributed by atoms with Crippen LogP contribution in [0.15, 0.2) is 42.5 Å². The first-order chi connectivity index (χ1) is 12.0. The van der Waals surface area contributed by atoms with Crippen molar-refractivity contribution in [2.75, 3.05) is 13.7 Å². The summed E-state index contributed by atoms with van der Waals surface area (Å²) in [4.78, 5) is 23.2. The quantitative estimate of drug-likeness (QED) is 0.429. The molecule has 0 saturated heterocycles. The summed E-state index contributed by atoms with van der Waals surface area (Å²) < 4.78 is 15.9. The number of nitro groups is 1. The fourth-order valence-corrected chi connectivity index (χ4v) is 2.31. The van der Waals surface area contributed by atoms with Crippen LogP contribution in [0.25, 0.3) is 0 Å². The lowest BCUT2D eigenvalue weighted by molar-refractivity contribution is -0.385. The highest BCUT2D eigenvalue weighted by atomic mass is 16.6. The lowest BCUT2D eigenvalue weighted by atomic mass is 10.1. The Kier molecular flexibility index (Phi) is 5.94. The van der Waals surface area contributed by atoms with Crippen molar-refractivity contribution >= 4 is 11.7 Å². The van der Waals surface area contributed by atoms with E-state index in [9.17, 15) is 14.9 Å². The zero-order valence-electron chi connectivity index (χ0n) is 14.2. The van der Waals surface area contributed by atoms with E-state index in [1.54, 1.807) is 13.8 Å². The first kappa shape index (κ1) is 18.3. The van der Waals surface area contributed by atoms with Crippen LogP contribution in [0.5, 0.6) is 11.5 Å². The molecule has 0 aliphatic heterocycles. The Morgan fingerprint density at radius 3 is 2.44 bits per heavy atom. The van der Waals surface area contributed by atoms with Crippen LogP contribution >= 0.6 is 0 Å². The van der Waals surface area contributed by atoms with Crippen LogP contribution in [0.1, 0.15) is 35.9 Å². The molecule has 0 aromatic heterocycles. The molecule has 0 amide bonds. The number of benzene rings is 2. The van der Waals surface area contributed by atoms with Gasteiger partial charge in [-0.3, -0.25) is 10.1 Å². The maximum atomic E-state index is 12.5. The number of hydrogen-bond acceptors (Lipinski definition) is 6. The normalized spacial score (nSPS) is 11.5. The van der Waals surface area contributed by atoms with E-state index in [0.29, 0.717) is 6.61 Å². The summed E-state index contributed by atoms with van der Waals surface area (Å²) in [5.74, 6) is -0.372. The Morgan fingerprint density at radius 2 is 1.88 bits per heavy atom. The van der Waals surface area contributed by atoms with E-state index < -0.39 is 22.7 Å². The van der Waals surface area contributed by atoms with Crippen molar-refractivity contribution in [3.63, 3.8) is 0 Å². The molecule has 2 aromatic carbocycles. The molecular formula is C18H19NO6. The summed E-state index contributed by atoms with van der Waals surface area (Å²) in [5.41, 5.74) is 0.208. The van der Waals surface area contributed by atoms with Crippen LogP contribution < -0.4 is 9.47 Å². The lowest BCUT2D eigenvalue weighted by Gasteiger charge is -2.15. The largest absolute Gasteiger partial charge is 0.493 e. The summed E-state index contributed by atoms with van der Waals surface area (Å²) in [6.45, 7) is 3.78. The summed E-state index contributed by atoms with van der Waals surface area (Å²) in [6.07, 6.45) is -0.550. The highest BCUT2D eigenvalue weighted by Crippen LogP contribution is 2.35.